The van der Waals surface area contributed by atoms with Gasteiger partial charge in [0.25, 0.3) is 5.95 Å². The maximum Gasteiger partial charge on any atom is 0.291 e. The number of aromatic nitrogens is 4. The summed E-state index contributed by atoms with van der Waals surface area (Å²) in [5.41, 5.74) is 2.10. The minimum atomic E-state index is 0.345. The van der Waals surface area contributed by atoms with Gasteiger partial charge in [-0.25, -0.2) is 0 Å². The van der Waals surface area contributed by atoms with Crippen LogP contribution in [0.5, 0.6) is 0 Å². The molecule has 5 rings (SSSR count). The van der Waals surface area contributed by atoms with Crippen LogP contribution >= 0.6 is 0 Å². The van der Waals surface area contributed by atoms with Crippen molar-refractivity contribution in [3.63, 3.8) is 0 Å². The Labute approximate surface area is 177 Å². The van der Waals surface area contributed by atoms with Gasteiger partial charge in [0.2, 0.25) is 5.89 Å². The molecule has 3 aromatic rings. The molecule has 2 aliphatic heterocycles. The quantitative estimate of drug-likeness (QED) is 0.614. The number of likely N-dealkylation sites (tertiary alicyclic amines) is 1. The summed E-state index contributed by atoms with van der Waals surface area (Å²) in [6, 6.07) is 8.24. The normalized spacial score (nSPS) is 19.6. The number of ether oxygens (including phenoxy) is 1. The topological polar surface area (TPSA) is 69.2 Å². The van der Waals surface area contributed by atoms with Gasteiger partial charge in [0, 0.05) is 24.5 Å². The number of hydrogen-bond donors (Lipinski definition) is 0. The number of benzene rings is 1. The van der Waals surface area contributed by atoms with Gasteiger partial charge in [0.1, 0.15) is 0 Å². The Balaban J connectivity index is 1.22. The highest BCUT2D eigenvalue weighted by molar-refractivity contribution is 5.83. The molecule has 2 saturated heterocycles. The monoisotopic (exact) mass is 409 g/mol. The van der Waals surface area contributed by atoms with E-state index in [0.717, 1.165) is 74.0 Å². The molecule has 2 aromatic heterocycles. The fourth-order valence-electron chi connectivity index (χ4n) is 4.83. The SMILES string of the molecule is CCc1nn(-c2noc(C3CCN(CCC4CCOCC4)CC3)n2)c2ccccc12. The highest BCUT2D eigenvalue weighted by Gasteiger charge is 2.26. The zero-order valence-electron chi connectivity index (χ0n) is 17.8. The molecular weight excluding hydrogens is 378 g/mol. The molecule has 1 aromatic carbocycles. The molecule has 4 heterocycles. The smallest absolute Gasteiger partial charge is 0.291 e. The summed E-state index contributed by atoms with van der Waals surface area (Å²) in [7, 11) is 0. The van der Waals surface area contributed by atoms with Crippen molar-refractivity contribution >= 4 is 10.9 Å². The molecule has 0 unspecified atom stereocenters. The standard InChI is InChI=1S/C23H31N5O2/c1-2-20-19-5-3-4-6-21(19)28(25-20)23-24-22(30-26-23)18-8-13-27(14-9-18)12-7-17-10-15-29-16-11-17/h3-6,17-18H,2,7-16H2,1H3. The molecule has 0 bridgehead atoms. The third-order valence-electron chi connectivity index (χ3n) is 6.75. The summed E-state index contributed by atoms with van der Waals surface area (Å²) >= 11 is 0. The first-order chi connectivity index (χ1) is 14.8. The van der Waals surface area contributed by atoms with E-state index in [1.54, 1.807) is 0 Å². The maximum atomic E-state index is 5.69. The van der Waals surface area contributed by atoms with Crippen LogP contribution in [0.25, 0.3) is 16.9 Å². The number of rotatable bonds is 6. The lowest BCUT2D eigenvalue weighted by atomic mass is 9.94. The van der Waals surface area contributed by atoms with E-state index in [9.17, 15) is 0 Å². The average Bonchev–Trinajstić information content (AvgIpc) is 3.44. The van der Waals surface area contributed by atoms with Crippen molar-refractivity contribution in [3.05, 3.63) is 35.9 Å². The van der Waals surface area contributed by atoms with E-state index in [1.165, 1.54) is 25.8 Å². The van der Waals surface area contributed by atoms with Gasteiger partial charge in [0.15, 0.2) is 0 Å². The molecule has 0 aliphatic carbocycles. The van der Waals surface area contributed by atoms with Crippen molar-refractivity contribution in [1.82, 2.24) is 24.8 Å². The zero-order chi connectivity index (χ0) is 20.3. The molecule has 0 atom stereocenters. The first kappa shape index (κ1) is 19.7. The summed E-state index contributed by atoms with van der Waals surface area (Å²) in [5.74, 6) is 2.49. The Morgan fingerprint density at radius 2 is 1.87 bits per heavy atom. The molecule has 160 valence electrons. The van der Waals surface area contributed by atoms with Crippen LogP contribution < -0.4 is 0 Å². The summed E-state index contributed by atoms with van der Waals surface area (Å²) < 4.78 is 13.0. The Kier molecular flexibility index (Phi) is 5.82. The number of aryl methyl sites for hydroxylation is 1. The number of fused-ring (bicyclic) bond motifs is 1. The second kappa shape index (κ2) is 8.86. The lowest BCUT2D eigenvalue weighted by Crippen LogP contribution is -2.35. The summed E-state index contributed by atoms with van der Waals surface area (Å²) in [5, 5.41) is 10.2. The number of nitrogens with zero attached hydrogens (tertiary/aromatic N) is 5. The van der Waals surface area contributed by atoms with Crippen LogP contribution in [0, 0.1) is 5.92 Å². The first-order valence-electron chi connectivity index (χ1n) is 11.4. The fourth-order valence-corrected chi connectivity index (χ4v) is 4.83. The van der Waals surface area contributed by atoms with E-state index in [-0.39, 0.29) is 0 Å². The van der Waals surface area contributed by atoms with E-state index in [0.29, 0.717) is 11.9 Å². The van der Waals surface area contributed by atoms with Crippen LogP contribution in [-0.4, -0.2) is 57.7 Å². The predicted octanol–water partition coefficient (Wildman–Crippen LogP) is 3.97. The van der Waals surface area contributed by atoms with Crippen LogP contribution in [0.3, 0.4) is 0 Å². The minimum Gasteiger partial charge on any atom is -0.381 e. The highest BCUT2D eigenvalue weighted by atomic mass is 16.5. The largest absolute Gasteiger partial charge is 0.381 e. The lowest BCUT2D eigenvalue weighted by Gasteiger charge is -2.32. The van der Waals surface area contributed by atoms with Crippen molar-refractivity contribution in [1.29, 1.82) is 0 Å². The molecule has 0 amide bonds. The molecule has 2 fully saturated rings. The molecule has 30 heavy (non-hydrogen) atoms. The van der Waals surface area contributed by atoms with Gasteiger partial charge in [-0.2, -0.15) is 14.8 Å². The number of piperidine rings is 1. The Morgan fingerprint density at radius 1 is 1.07 bits per heavy atom. The lowest BCUT2D eigenvalue weighted by molar-refractivity contribution is 0.0586. The van der Waals surface area contributed by atoms with Crippen LogP contribution in [0.1, 0.15) is 56.5 Å². The van der Waals surface area contributed by atoms with Crippen LogP contribution in [0.4, 0.5) is 0 Å². The van der Waals surface area contributed by atoms with Gasteiger partial charge in [-0.1, -0.05) is 25.1 Å². The van der Waals surface area contributed by atoms with Gasteiger partial charge in [0.05, 0.1) is 11.2 Å². The van der Waals surface area contributed by atoms with E-state index in [1.807, 2.05) is 16.8 Å². The molecule has 2 aliphatic rings. The third-order valence-corrected chi connectivity index (χ3v) is 6.75. The average molecular weight is 410 g/mol. The Bertz CT molecular complexity index is 967. The summed E-state index contributed by atoms with van der Waals surface area (Å²) in [6.45, 7) is 7.42. The molecule has 0 N–H and O–H groups in total. The highest BCUT2D eigenvalue weighted by Crippen LogP contribution is 2.29. The van der Waals surface area contributed by atoms with Gasteiger partial charge >= 0.3 is 0 Å². The van der Waals surface area contributed by atoms with Crippen molar-refractivity contribution in [2.75, 3.05) is 32.8 Å². The van der Waals surface area contributed by atoms with Gasteiger partial charge < -0.3 is 14.2 Å². The molecule has 7 nitrogen and oxygen atoms in total. The van der Waals surface area contributed by atoms with Crippen LogP contribution in [0.2, 0.25) is 0 Å². The van der Waals surface area contributed by atoms with Crippen molar-refractivity contribution in [2.24, 2.45) is 5.92 Å². The van der Waals surface area contributed by atoms with Crippen LogP contribution in [-0.2, 0) is 11.2 Å². The second-order valence-electron chi connectivity index (χ2n) is 8.62. The van der Waals surface area contributed by atoms with Crippen molar-refractivity contribution in [3.8, 4) is 5.95 Å². The molecule has 7 heteroatoms. The number of para-hydroxylation sites is 1. The Morgan fingerprint density at radius 3 is 2.67 bits per heavy atom. The molecule has 0 saturated carbocycles. The zero-order valence-corrected chi connectivity index (χ0v) is 17.8. The fraction of sp³-hybridized carbons (Fsp3) is 0.609. The minimum absolute atomic E-state index is 0.345. The van der Waals surface area contributed by atoms with Crippen molar-refractivity contribution < 1.29 is 9.26 Å². The molecule has 0 radical (unpaired) electrons. The molecular formula is C23H31N5O2. The van der Waals surface area contributed by atoms with Crippen molar-refractivity contribution in [2.45, 2.75) is 51.4 Å². The van der Waals surface area contributed by atoms with E-state index in [4.69, 9.17) is 19.3 Å². The summed E-state index contributed by atoms with van der Waals surface area (Å²) in [4.78, 5) is 7.33. The molecule has 0 spiro atoms. The second-order valence-corrected chi connectivity index (χ2v) is 8.62. The Hall–Kier alpha value is -2.25. The van der Waals surface area contributed by atoms with E-state index in [2.05, 4.69) is 29.1 Å². The predicted molar refractivity (Wildman–Crippen MR) is 115 cm³/mol. The third kappa shape index (κ3) is 4.01. The maximum absolute atomic E-state index is 5.69. The van der Waals surface area contributed by atoms with E-state index < -0.39 is 0 Å². The van der Waals surface area contributed by atoms with E-state index >= 15 is 0 Å². The van der Waals surface area contributed by atoms with Gasteiger partial charge in [-0.05, 0) is 75.3 Å². The van der Waals surface area contributed by atoms with Gasteiger partial charge in [-0.3, -0.25) is 0 Å². The summed E-state index contributed by atoms with van der Waals surface area (Å²) in [6.07, 6.45) is 6.78. The van der Waals surface area contributed by atoms with Crippen LogP contribution in [0.15, 0.2) is 28.8 Å². The first-order valence-corrected chi connectivity index (χ1v) is 11.4. The van der Waals surface area contributed by atoms with Gasteiger partial charge in [-0.15, -0.1) is 0 Å². The number of hydrogen-bond acceptors (Lipinski definition) is 6.